The molecule has 0 heterocycles. The van der Waals surface area contributed by atoms with E-state index in [0.29, 0.717) is 85.6 Å². The molecule has 0 rings (SSSR count). The van der Waals surface area contributed by atoms with Crippen LogP contribution in [0.25, 0.3) is 0 Å². The number of carbonyl (C=O) groups excluding carboxylic acids is 1. The van der Waals surface area contributed by atoms with E-state index in [0.717, 1.165) is 12.8 Å². The van der Waals surface area contributed by atoms with Crippen molar-refractivity contribution in [1.82, 2.24) is 5.32 Å². The summed E-state index contributed by atoms with van der Waals surface area (Å²) in [5.74, 6) is -0.754. The molecule has 10 heteroatoms. The van der Waals surface area contributed by atoms with Gasteiger partial charge in [0.1, 0.15) is 0 Å². The number of hydrogen-bond acceptors (Lipinski definition) is 8. The molecule has 0 saturated heterocycles. The zero-order valence-electron chi connectivity index (χ0n) is 29.5. The van der Waals surface area contributed by atoms with Crippen LogP contribution in [0.4, 0.5) is 0 Å². The molecule has 0 aromatic rings. The smallest absolute Gasteiger partial charge is 0.305 e. The van der Waals surface area contributed by atoms with Crippen LogP contribution in [0.15, 0.2) is 0 Å². The summed E-state index contributed by atoms with van der Waals surface area (Å²) in [6.07, 6.45) is 24.9. The van der Waals surface area contributed by atoms with Gasteiger partial charge in [0.25, 0.3) is 0 Å². The molecule has 0 bridgehead atoms. The standard InChI is InChI=1S/C36H71NO9/c1-2-3-4-5-6-7-8-9-10-11-12-13-14-15-16-17-18-19-20-35(38)37-22-24-42-26-28-44-30-32-46-34-33-45-31-29-43-27-25-41-23-21-36(39)40/h2-34H2,1H3,(H,37,38)(H,39,40). The van der Waals surface area contributed by atoms with Crippen molar-refractivity contribution in [3.05, 3.63) is 0 Å². The van der Waals surface area contributed by atoms with Crippen LogP contribution in [0.3, 0.4) is 0 Å². The van der Waals surface area contributed by atoms with Crippen LogP contribution < -0.4 is 5.32 Å². The third kappa shape index (κ3) is 40.7. The van der Waals surface area contributed by atoms with E-state index >= 15 is 0 Å². The predicted octanol–water partition coefficient (Wildman–Crippen LogP) is 7.11. The molecule has 10 nitrogen and oxygen atoms in total. The molecule has 0 spiro atoms. The molecule has 0 atom stereocenters. The molecule has 0 saturated carbocycles. The molecule has 46 heavy (non-hydrogen) atoms. The lowest BCUT2D eigenvalue weighted by molar-refractivity contribution is -0.138. The Kier molecular flexibility index (Phi) is 38.8. The highest BCUT2D eigenvalue weighted by Crippen LogP contribution is 2.14. The van der Waals surface area contributed by atoms with Gasteiger partial charge in [0, 0.05) is 13.0 Å². The van der Waals surface area contributed by atoms with Crippen molar-refractivity contribution in [2.45, 2.75) is 135 Å². The highest BCUT2D eigenvalue weighted by molar-refractivity contribution is 5.75. The Hall–Kier alpha value is -1.30. The van der Waals surface area contributed by atoms with Crippen LogP contribution in [0.1, 0.15) is 135 Å². The first kappa shape index (κ1) is 44.7. The first-order chi connectivity index (χ1) is 22.7. The fraction of sp³-hybridized carbons (Fsp3) is 0.944. The number of rotatable bonds is 40. The summed E-state index contributed by atoms with van der Waals surface area (Å²) in [6, 6.07) is 0. The van der Waals surface area contributed by atoms with Crippen LogP contribution in [0, 0.1) is 0 Å². The number of aliphatic carboxylic acids is 1. The molecular weight excluding hydrogens is 590 g/mol. The van der Waals surface area contributed by atoms with Crippen LogP contribution in [0.2, 0.25) is 0 Å². The zero-order chi connectivity index (χ0) is 33.4. The maximum absolute atomic E-state index is 12.0. The number of amides is 1. The van der Waals surface area contributed by atoms with Gasteiger partial charge in [-0.25, -0.2) is 0 Å². The normalized spacial score (nSPS) is 11.3. The summed E-state index contributed by atoms with van der Waals surface area (Å²) in [5.41, 5.74) is 0. The van der Waals surface area contributed by atoms with E-state index in [1.165, 1.54) is 103 Å². The van der Waals surface area contributed by atoms with Gasteiger partial charge >= 0.3 is 5.97 Å². The molecule has 0 aromatic heterocycles. The number of carboxylic acid groups (broad SMARTS) is 1. The number of unbranched alkanes of at least 4 members (excludes halogenated alkanes) is 17. The molecule has 0 aliphatic heterocycles. The third-order valence-corrected chi connectivity index (χ3v) is 7.65. The van der Waals surface area contributed by atoms with Crippen LogP contribution >= 0.6 is 0 Å². The largest absolute Gasteiger partial charge is 0.481 e. The minimum atomic E-state index is -0.869. The Balaban J connectivity index is 3.15. The van der Waals surface area contributed by atoms with Crippen molar-refractivity contribution in [2.24, 2.45) is 0 Å². The molecule has 0 aliphatic rings. The lowest BCUT2D eigenvalue weighted by Gasteiger charge is -2.08. The Morgan fingerprint density at radius 2 is 0.717 bits per heavy atom. The lowest BCUT2D eigenvalue weighted by Crippen LogP contribution is -2.27. The zero-order valence-corrected chi connectivity index (χ0v) is 29.5. The SMILES string of the molecule is CCCCCCCCCCCCCCCCCCCCC(=O)NCCOCCOCCOCCOCCOCCOCCC(=O)O. The fourth-order valence-electron chi connectivity index (χ4n) is 4.90. The Labute approximate surface area is 281 Å². The average molecular weight is 662 g/mol. The summed E-state index contributed by atoms with van der Waals surface area (Å²) >= 11 is 0. The first-order valence-electron chi connectivity index (χ1n) is 18.6. The summed E-state index contributed by atoms with van der Waals surface area (Å²) in [5, 5.41) is 11.4. The number of ether oxygens (including phenoxy) is 6. The van der Waals surface area contributed by atoms with Gasteiger partial charge in [-0.2, -0.15) is 0 Å². The molecule has 0 fully saturated rings. The third-order valence-electron chi connectivity index (χ3n) is 7.65. The van der Waals surface area contributed by atoms with Gasteiger partial charge in [-0.05, 0) is 6.42 Å². The molecule has 2 N–H and O–H groups in total. The highest BCUT2D eigenvalue weighted by atomic mass is 16.6. The highest BCUT2D eigenvalue weighted by Gasteiger charge is 2.01. The quantitative estimate of drug-likeness (QED) is 0.0662. The second-order valence-corrected chi connectivity index (χ2v) is 11.9. The molecule has 0 radical (unpaired) electrons. The number of carbonyl (C=O) groups is 2. The number of carboxylic acids is 1. The second-order valence-electron chi connectivity index (χ2n) is 11.9. The van der Waals surface area contributed by atoms with E-state index in [2.05, 4.69) is 12.2 Å². The van der Waals surface area contributed by atoms with E-state index in [1.807, 2.05) is 0 Å². The van der Waals surface area contributed by atoms with Crippen LogP contribution in [0.5, 0.6) is 0 Å². The number of hydrogen-bond donors (Lipinski definition) is 2. The monoisotopic (exact) mass is 662 g/mol. The van der Waals surface area contributed by atoms with Gasteiger partial charge in [-0.15, -0.1) is 0 Å². The van der Waals surface area contributed by atoms with E-state index in [1.54, 1.807) is 0 Å². The summed E-state index contributed by atoms with van der Waals surface area (Å²) in [4.78, 5) is 22.3. The fourth-order valence-corrected chi connectivity index (χ4v) is 4.90. The van der Waals surface area contributed by atoms with Gasteiger partial charge in [-0.1, -0.05) is 116 Å². The van der Waals surface area contributed by atoms with Crippen molar-refractivity contribution in [1.29, 1.82) is 0 Å². The van der Waals surface area contributed by atoms with E-state index < -0.39 is 5.97 Å². The van der Waals surface area contributed by atoms with Gasteiger partial charge in [0.15, 0.2) is 0 Å². The minimum Gasteiger partial charge on any atom is -0.481 e. The average Bonchev–Trinajstić information content (AvgIpc) is 3.04. The molecule has 0 unspecified atom stereocenters. The van der Waals surface area contributed by atoms with Crippen molar-refractivity contribution in [3.8, 4) is 0 Å². The maximum atomic E-state index is 12.0. The first-order valence-corrected chi connectivity index (χ1v) is 18.6. The second kappa shape index (κ2) is 39.9. The molecule has 1 amide bonds. The van der Waals surface area contributed by atoms with Crippen LogP contribution in [-0.2, 0) is 38.0 Å². The summed E-state index contributed by atoms with van der Waals surface area (Å²) in [7, 11) is 0. The Morgan fingerprint density at radius 1 is 0.413 bits per heavy atom. The van der Waals surface area contributed by atoms with Crippen molar-refractivity contribution >= 4 is 11.9 Å². The van der Waals surface area contributed by atoms with Crippen molar-refractivity contribution < 1.29 is 43.1 Å². The summed E-state index contributed by atoms with van der Waals surface area (Å²) < 4.78 is 32.3. The van der Waals surface area contributed by atoms with Gasteiger partial charge in [0.05, 0.1) is 85.7 Å². The maximum Gasteiger partial charge on any atom is 0.305 e. The predicted molar refractivity (Wildman–Crippen MR) is 184 cm³/mol. The molecule has 0 aromatic carbocycles. The molecule has 274 valence electrons. The molecule has 0 aliphatic carbocycles. The topological polar surface area (TPSA) is 122 Å². The Morgan fingerprint density at radius 3 is 1.07 bits per heavy atom. The van der Waals surface area contributed by atoms with Crippen molar-refractivity contribution in [2.75, 3.05) is 85.8 Å². The van der Waals surface area contributed by atoms with Gasteiger partial charge in [-0.3, -0.25) is 9.59 Å². The van der Waals surface area contributed by atoms with Gasteiger partial charge < -0.3 is 38.8 Å². The Bertz CT molecular complexity index is 624. The van der Waals surface area contributed by atoms with E-state index in [4.69, 9.17) is 33.5 Å². The minimum absolute atomic E-state index is 0.00251. The van der Waals surface area contributed by atoms with Crippen LogP contribution in [-0.4, -0.2) is 103 Å². The van der Waals surface area contributed by atoms with Crippen molar-refractivity contribution in [3.63, 3.8) is 0 Å². The lowest BCUT2D eigenvalue weighted by atomic mass is 10.0. The van der Waals surface area contributed by atoms with Gasteiger partial charge in [0.2, 0.25) is 5.91 Å². The summed E-state index contributed by atoms with van der Waals surface area (Å²) in [6.45, 7) is 8.13. The molecular formula is C36H71NO9. The van der Waals surface area contributed by atoms with E-state index in [-0.39, 0.29) is 18.9 Å². The van der Waals surface area contributed by atoms with E-state index in [9.17, 15) is 9.59 Å². The number of nitrogens with one attached hydrogen (secondary N) is 1.